The number of likely N-dealkylation sites (tertiary alicyclic amines) is 1. The molecule has 2 aliphatic rings. The maximum Gasteiger partial charge on any atom is 0.226 e. The Morgan fingerprint density at radius 2 is 2.05 bits per heavy atom. The van der Waals surface area contributed by atoms with E-state index in [9.17, 15) is 0 Å². The van der Waals surface area contributed by atoms with Gasteiger partial charge in [0.2, 0.25) is 5.89 Å². The summed E-state index contributed by atoms with van der Waals surface area (Å²) in [5, 5.41) is 7.73. The van der Waals surface area contributed by atoms with Crippen LogP contribution in [0.1, 0.15) is 44.3 Å². The Kier molecular flexibility index (Phi) is 4.13. The van der Waals surface area contributed by atoms with Gasteiger partial charge < -0.3 is 9.84 Å². The van der Waals surface area contributed by atoms with Crippen LogP contribution < -0.4 is 5.32 Å². The fourth-order valence-electron chi connectivity index (χ4n) is 2.65. The van der Waals surface area contributed by atoms with Gasteiger partial charge in [-0.1, -0.05) is 12.1 Å². The first-order valence-electron chi connectivity index (χ1n) is 7.60. The topological polar surface area (TPSA) is 54.2 Å². The van der Waals surface area contributed by atoms with Gasteiger partial charge in [0.15, 0.2) is 5.82 Å². The standard InChI is InChI=1S/C14H24N4O/c1-2-14-16-13(17-19-14)10-18-7-5-12(6-8-18)15-9-11-3-4-11/h11-12,15H,2-10H2,1H3. The molecule has 0 atom stereocenters. The van der Waals surface area contributed by atoms with E-state index in [4.69, 9.17) is 4.52 Å². The molecule has 0 unspecified atom stereocenters. The number of aromatic nitrogens is 2. The van der Waals surface area contributed by atoms with Gasteiger partial charge in [0.05, 0.1) is 6.54 Å². The average Bonchev–Trinajstić information content (AvgIpc) is 3.17. The summed E-state index contributed by atoms with van der Waals surface area (Å²) in [4.78, 5) is 6.80. The van der Waals surface area contributed by atoms with E-state index in [1.165, 1.54) is 32.2 Å². The van der Waals surface area contributed by atoms with E-state index in [0.717, 1.165) is 43.7 Å². The van der Waals surface area contributed by atoms with Crippen molar-refractivity contribution in [1.29, 1.82) is 0 Å². The predicted molar refractivity (Wildman–Crippen MR) is 72.7 cm³/mol. The highest BCUT2D eigenvalue weighted by Crippen LogP contribution is 2.28. The van der Waals surface area contributed by atoms with E-state index < -0.39 is 0 Å². The Balaban J connectivity index is 1.39. The van der Waals surface area contributed by atoms with E-state index in [1.807, 2.05) is 6.92 Å². The number of piperidine rings is 1. The monoisotopic (exact) mass is 264 g/mol. The molecule has 19 heavy (non-hydrogen) atoms. The van der Waals surface area contributed by atoms with Crippen molar-refractivity contribution in [3.63, 3.8) is 0 Å². The van der Waals surface area contributed by atoms with Gasteiger partial charge in [0.1, 0.15) is 0 Å². The Morgan fingerprint density at radius 1 is 1.26 bits per heavy atom. The van der Waals surface area contributed by atoms with Crippen LogP contribution in [0.4, 0.5) is 0 Å². The number of hydrogen-bond donors (Lipinski definition) is 1. The van der Waals surface area contributed by atoms with Crippen LogP contribution in [0.3, 0.4) is 0 Å². The Labute approximate surface area is 114 Å². The summed E-state index contributed by atoms with van der Waals surface area (Å²) in [6.45, 7) is 6.37. The molecule has 0 bridgehead atoms. The molecule has 2 heterocycles. The number of rotatable bonds is 6. The first-order chi connectivity index (χ1) is 9.33. The quantitative estimate of drug-likeness (QED) is 0.845. The van der Waals surface area contributed by atoms with Crippen molar-refractivity contribution in [2.75, 3.05) is 19.6 Å². The summed E-state index contributed by atoms with van der Waals surface area (Å²) >= 11 is 0. The summed E-state index contributed by atoms with van der Waals surface area (Å²) < 4.78 is 5.15. The molecule has 1 N–H and O–H groups in total. The van der Waals surface area contributed by atoms with E-state index in [2.05, 4.69) is 20.4 Å². The Bertz CT molecular complexity index is 394. The van der Waals surface area contributed by atoms with Crippen molar-refractivity contribution in [3.05, 3.63) is 11.7 Å². The number of aryl methyl sites for hydroxylation is 1. The molecule has 3 rings (SSSR count). The normalized spacial score (nSPS) is 21.9. The minimum Gasteiger partial charge on any atom is -0.339 e. The van der Waals surface area contributed by atoms with Crippen molar-refractivity contribution in [2.24, 2.45) is 5.92 Å². The maximum atomic E-state index is 5.15. The molecule has 5 nitrogen and oxygen atoms in total. The molecule has 1 aromatic heterocycles. The largest absolute Gasteiger partial charge is 0.339 e. The molecule has 106 valence electrons. The van der Waals surface area contributed by atoms with Crippen molar-refractivity contribution in [3.8, 4) is 0 Å². The summed E-state index contributed by atoms with van der Waals surface area (Å²) in [7, 11) is 0. The molecule has 1 saturated carbocycles. The van der Waals surface area contributed by atoms with Crippen LogP contribution in [0.2, 0.25) is 0 Å². The molecule has 2 fully saturated rings. The molecule has 0 amide bonds. The van der Waals surface area contributed by atoms with Gasteiger partial charge in [-0.05, 0) is 38.1 Å². The zero-order chi connectivity index (χ0) is 13.1. The second-order valence-corrected chi connectivity index (χ2v) is 5.86. The van der Waals surface area contributed by atoms with Crippen LogP contribution in [-0.2, 0) is 13.0 Å². The molecule has 5 heteroatoms. The summed E-state index contributed by atoms with van der Waals surface area (Å²) in [5.74, 6) is 2.56. The van der Waals surface area contributed by atoms with Gasteiger partial charge in [-0.3, -0.25) is 4.90 Å². The molecule has 0 aromatic carbocycles. The van der Waals surface area contributed by atoms with Gasteiger partial charge >= 0.3 is 0 Å². The van der Waals surface area contributed by atoms with Crippen molar-refractivity contribution in [2.45, 2.75) is 51.6 Å². The van der Waals surface area contributed by atoms with Crippen molar-refractivity contribution in [1.82, 2.24) is 20.4 Å². The van der Waals surface area contributed by atoms with Crippen molar-refractivity contribution >= 4 is 0 Å². The third kappa shape index (κ3) is 3.76. The van der Waals surface area contributed by atoms with Gasteiger partial charge in [-0.25, -0.2) is 0 Å². The fraction of sp³-hybridized carbons (Fsp3) is 0.857. The first kappa shape index (κ1) is 13.1. The van der Waals surface area contributed by atoms with Crippen LogP contribution in [-0.4, -0.2) is 40.7 Å². The molecule has 0 spiro atoms. The van der Waals surface area contributed by atoms with Crippen LogP contribution in [0.5, 0.6) is 0 Å². The zero-order valence-electron chi connectivity index (χ0n) is 11.8. The summed E-state index contributed by atoms with van der Waals surface area (Å²) in [6, 6.07) is 0.716. The minimum absolute atomic E-state index is 0.716. The highest BCUT2D eigenvalue weighted by atomic mass is 16.5. The summed E-state index contributed by atoms with van der Waals surface area (Å²) in [6.07, 6.45) is 6.17. The molecule has 1 aliphatic carbocycles. The SMILES string of the molecule is CCc1nc(CN2CCC(NCC3CC3)CC2)no1. The lowest BCUT2D eigenvalue weighted by Crippen LogP contribution is -2.42. The summed E-state index contributed by atoms with van der Waals surface area (Å²) in [5.41, 5.74) is 0. The second-order valence-electron chi connectivity index (χ2n) is 5.86. The van der Waals surface area contributed by atoms with Crippen molar-refractivity contribution < 1.29 is 4.52 Å². The third-order valence-corrected chi connectivity index (χ3v) is 4.16. The maximum absolute atomic E-state index is 5.15. The van der Waals surface area contributed by atoms with Crippen LogP contribution in [0.15, 0.2) is 4.52 Å². The predicted octanol–water partition coefficient (Wildman–Crippen LogP) is 1.60. The Morgan fingerprint density at radius 3 is 2.68 bits per heavy atom. The van der Waals surface area contributed by atoms with Crippen LogP contribution in [0, 0.1) is 5.92 Å². The lowest BCUT2D eigenvalue weighted by molar-refractivity contribution is 0.184. The first-order valence-corrected chi connectivity index (χ1v) is 7.60. The lowest BCUT2D eigenvalue weighted by atomic mass is 10.0. The van der Waals surface area contributed by atoms with Gasteiger partial charge in [-0.2, -0.15) is 4.98 Å². The molecular formula is C14H24N4O. The molecule has 1 aromatic rings. The third-order valence-electron chi connectivity index (χ3n) is 4.16. The zero-order valence-corrected chi connectivity index (χ0v) is 11.8. The fourth-order valence-corrected chi connectivity index (χ4v) is 2.65. The number of hydrogen-bond acceptors (Lipinski definition) is 5. The molecule has 1 aliphatic heterocycles. The van der Waals surface area contributed by atoms with Gasteiger partial charge in [0, 0.05) is 25.6 Å². The number of nitrogens with zero attached hydrogens (tertiary/aromatic N) is 3. The van der Waals surface area contributed by atoms with Crippen LogP contribution in [0.25, 0.3) is 0 Å². The van der Waals surface area contributed by atoms with Gasteiger partial charge in [0.25, 0.3) is 0 Å². The Hall–Kier alpha value is -0.940. The lowest BCUT2D eigenvalue weighted by Gasteiger charge is -2.31. The van der Waals surface area contributed by atoms with E-state index in [1.54, 1.807) is 0 Å². The molecule has 1 saturated heterocycles. The highest BCUT2D eigenvalue weighted by Gasteiger charge is 2.24. The smallest absolute Gasteiger partial charge is 0.226 e. The highest BCUT2D eigenvalue weighted by molar-refractivity contribution is 4.88. The second kappa shape index (κ2) is 6.01. The van der Waals surface area contributed by atoms with E-state index >= 15 is 0 Å². The number of nitrogens with one attached hydrogen (secondary N) is 1. The average molecular weight is 264 g/mol. The molecular weight excluding hydrogens is 240 g/mol. The van der Waals surface area contributed by atoms with E-state index in [0.29, 0.717) is 6.04 Å². The minimum atomic E-state index is 0.716. The van der Waals surface area contributed by atoms with E-state index in [-0.39, 0.29) is 0 Å². The van der Waals surface area contributed by atoms with Gasteiger partial charge in [-0.15, -0.1) is 0 Å². The molecule has 0 radical (unpaired) electrons. The van der Waals surface area contributed by atoms with Crippen LogP contribution >= 0.6 is 0 Å².